The van der Waals surface area contributed by atoms with Crippen LogP contribution in [0.1, 0.15) is 11.8 Å². The van der Waals surface area contributed by atoms with E-state index in [1.807, 2.05) is 18.2 Å². The van der Waals surface area contributed by atoms with Crippen molar-refractivity contribution in [3.05, 3.63) is 44.7 Å². The van der Waals surface area contributed by atoms with Crippen molar-refractivity contribution >= 4 is 55.2 Å². The number of benzene rings is 1. The van der Waals surface area contributed by atoms with Crippen LogP contribution in [0.2, 0.25) is 0 Å². The van der Waals surface area contributed by atoms with Crippen molar-refractivity contribution in [3.8, 4) is 16.2 Å². The standard InChI is InChI=1S/C14H10Br2O2S/c1-9(17)18-11-4-2-10(3-5-11)13-7-6-12(19-13)8-14(15)16/h2-8H,1H3. The summed E-state index contributed by atoms with van der Waals surface area (Å²) in [7, 11) is 0. The van der Waals surface area contributed by atoms with Gasteiger partial charge in [0.1, 0.15) is 5.75 Å². The van der Waals surface area contributed by atoms with E-state index in [-0.39, 0.29) is 5.97 Å². The Labute approximate surface area is 132 Å². The maximum Gasteiger partial charge on any atom is 0.308 e. The fraction of sp³-hybridized carbons (Fsp3) is 0.0714. The van der Waals surface area contributed by atoms with Crippen LogP contribution in [0.25, 0.3) is 16.5 Å². The molecule has 0 saturated carbocycles. The summed E-state index contributed by atoms with van der Waals surface area (Å²) in [6, 6.07) is 11.6. The number of hydrogen-bond donors (Lipinski definition) is 0. The SMILES string of the molecule is CC(=O)Oc1ccc(-c2ccc(C=C(Br)Br)s2)cc1. The zero-order valence-electron chi connectivity index (χ0n) is 10.0. The summed E-state index contributed by atoms with van der Waals surface area (Å²) in [5.41, 5.74) is 1.10. The van der Waals surface area contributed by atoms with E-state index in [0.29, 0.717) is 5.75 Å². The van der Waals surface area contributed by atoms with Crippen LogP contribution in [-0.2, 0) is 4.79 Å². The molecule has 19 heavy (non-hydrogen) atoms. The van der Waals surface area contributed by atoms with Crippen molar-refractivity contribution in [2.45, 2.75) is 6.92 Å². The lowest BCUT2D eigenvalue weighted by molar-refractivity contribution is -0.131. The Balaban J connectivity index is 2.20. The fourth-order valence-electron chi connectivity index (χ4n) is 1.55. The molecule has 0 amide bonds. The van der Waals surface area contributed by atoms with Crippen LogP contribution >= 0.6 is 43.2 Å². The zero-order chi connectivity index (χ0) is 13.8. The highest BCUT2D eigenvalue weighted by atomic mass is 79.9. The van der Waals surface area contributed by atoms with Crippen molar-refractivity contribution < 1.29 is 9.53 Å². The minimum Gasteiger partial charge on any atom is -0.427 e. The maximum absolute atomic E-state index is 10.8. The average molecular weight is 402 g/mol. The van der Waals surface area contributed by atoms with Gasteiger partial charge in [-0.3, -0.25) is 4.79 Å². The Morgan fingerprint density at radius 3 is 2.42 bits per heavy atom. The number of carbonyl (C=O) groups is 1. The van der Waals surface area contributed by atoms with Crippen LogP contribution in [0.15, 0.2) is 39.8 Å². The third kappa shape index (κ3) is 4.30. The molecule has 0 radical (unpaired) electrons. The van der Waals surface area contributed by atoms with E-state index >= 15 is 0 Å². The smallest absolute Gasteiger partial charge is 0.308 e. The highest BCUT2D eigenvalue weighted by Gasteiger charge is 2.03. The first-order valence-corrected chi connectivity index (χ1v) is 7.86. The number of ether oxygens (including phenoxy) is 1. The van der Waals surface area contributed by atoms with Gasteiger partial charge in [-0.1, -0.05) is 0 Å². The third-order valence-electron chi connectivity index (χ3n) is 2.28. The number of thiophene rings is 1. The number of esters is 1. The second-order valence-corrected chi connectivity index (χ2v) is 7.64. The van der Waals surface area contributed by atoms with Crippen LogP contribution in [0.5, 0.6) is 5.75 Å². The Morgan fingerprint density at radius 1 is 1.16 bits per heavy atom. The fourth-order valence-corrected chi connectivity index (χ4v) is 3.30. The van der Waals surface area contributed by atoms with Crippen LogP contribution in [0, 0.1) is 0 Å². The van der Waals surface area contributed by atoms with E-state index in [1.165, 1.54) is 11.8 Å². The first-order valence-electron chi connectivity index (χ1n) is 5.46. The van der Waals surface area contributed by atoms with Crippen LogP contribution < -0.4 is 4.74 Å². The number of halogens is 2. The van der Waals surface area contributed by atoms with Gasteiger partial charge in [-0.25, -0.2) is 0 Å². The molecule has 1 aromatic heterocycles. The molecule has 1 aromatic carbocycles. The Bertz CT molecular complexity index is 611. The highest BCUT2D eigenvalue weighted by molar-refractivity contribution is 9.28. The molecule has 2 rings (SSSR count). The molecular weight excluding hydrogens is 392 g/mol. The lowest BCUT2D eigenvalue weighted by atomic mass is 10.2. The number of carbonyl (C=O) groups excluding carboxylic acids is 1. The molecule has 0 atom stereocenters. The summed E-state index contributed by atoms with van der Waals surface area (Å²) in [6.45, 7) is 1.39. The van der Waals surface area contributed by atoms with E-state index in [4.69, 9.17) is 4.74 Å². The summed E-state index contributed by atoms with van der Waals surface area (Å²) in [5.74, 6) is 0.259. The second-order valence-electron chi connectivity index (χ2n) is 3.75. The van der Waals surface area contributed by atoms with Crippen LogP contribution in [-0.4, -0.2) is 5.97 Å². The van der Waals surface area contributed by atoms with E-state index in [2.05, 4.69) is 44.0 Å². The molecule has 0 aliphatic rings. The lowest BCUT2D eigenvalue weighted by Crippen LogP contribution is -2.00. The van der Waals surface area contributed by atoms with Crippen molar-refractivity contribution in [2.24, 2.45) is 0 Å². The quantitative estimate of drug-likeness (QED) is 0.506. The average Bonchev–Trinajstić information content (AvgIpc) is 2.76. The zero-order valence-corrected chi connectivity index (χ0v) is 14.0. The van der Waals surface area contributed by atoms with Gasteiger partial charge in [0.05, 0.1) is 3.39 Å². The highest BCUT2D eigenvalue weighted by Crippen LogP contribution is 2.31. The molecule has 1 heterocycles. The minimum atomic E-state index is -0.307. The number of hydrogen-bond acceptors (Lipinski definition) is 3. The molecule has 0 aliphatic carbocycles. The Morgan fingerprint density at radius 2 is 1.84 bits per heavy atom. The molecule has 0 aliphatic heterocycles. The van der Waals surface area contributed by atoms with Gasteiger partial charge in [0.15, 0.2) is 0 Å². The molecule has 2 nitrogen and oxygen atoms in total. The molecule has 0 unspecified atom stereocenters. The molecule has 0 fully saturated rings. The van der Waals surface area contributed by atoms with Crippen molar-refractivity contribution in [3.63, 3.8) is 0 Å². The maximum atomic E-state index is 10.8. The molecule has 0 N–H and O–H groups in total. The van der Waals surface area contributed by atoms with Gasteiger partial charge in [-0.05, 0) is 79.9 Å². The predicted octanol–water partition coefficient (Wildman–Crippen LogP) is 5.43. The monoisotopic (exact) mass is 400 g/mol. The van der Waals surface area contributed by atoms with E-state index in [0.717, 1.165) is 13.8 Å². The molecular formula is C14H10Br2O2S. The summed E-state index contributed by atoms with van der Waals surface area (Å²) < 4.78 is 5.92. The largest absolute Gasteiger partial charge is 0.427 e. The summed E-state index contributed by atoms with van der Waals surface area (Å²) in [5, 5.41) is 0. The molecule has 0 spiro atoms. The van der Waals surface area contributed by atoms with E-state index < -0.39 is 0 Å². The van der Waals surface area contributed by atoms with Gasteiger partial charge in [0.25, 0.3) is 0 Å². The van der Waals surface area contributed by atoms with Crippen LogP contribution in [0.3, 0.4) is 0 Å². The Kier molecular flexibility index (Phi) is 4.96. The first-order chi connectivity index (χ1) is 9.04. The van der Waals surface area contributed by atoms with Crippen LogP contribution in [0.4, 0.5) is 0 Å². The third-order valence-corrected chi connectivity index (χ3v) is 3.82. The second kappa shape index (κ2) is 6.50. The molecule has 5 heteroatoms. The minimum absolute atomic E-state index is 0.307. The van der Waals surface area contributed by atoms with Crippen molar-refractivity contribution in [1.29, 1.82) is 0 Å². The van der Waals surface area contributed by atoms with E-state index in [1.54, 1.807) is 23.5 Å². The van der Waals surface area contributed by atoms with Gasteiger partial charge >= 0.3 is 5.97 Å². The van der Waals surface area contributed by atoms with Gasteiger partial charge in [0, 0.05) is 16.7 Å². The summed E-state index contributed by atoms with van der Waals surface area (Å²) in [6.07, 6.45) is 2.00. The Hall–Kier alpha value is -0.910. The molecule has 0 saturated heterocycles. The van der Waals surface area contributed by atoms with Crippen molar-refractivity contribution in [1.82, 2.24) is 0 Å². The molecule has 0 bridgehead atoms. The van der Waals surface area contributed by atoms with Gasteiger partial charge in [-0.15, -0.1) is 11.3 Å². The predicted molar refractivity (Wildman–Crippen MR) is 86.9 cm³/mol. The molecule has 2 aromatic rings. The van der Waals surface area contributed by atoms with E-state index in [9.17, 15) is 4.79 Å². The van der Waals surface area contributed by atoms with Gasteiger partial charge < -0.3 is 4.74 Å². The summed E-state index contributed by atoms with van der Waals surface area (Å²) in [4.78, 5) is 13.2. The van der Waals surface area contributed by atoms with Crippen molar-refractivity contribution in [2.75, 3.05) is 0 Å². The molecule has 98 valence electrons. The lowest BCUT2D eigenvalue weighted by Gasteiger charge is -2.02. The normalized spacial score (nSPS) is 10.1. The van der Waals surface area contributed by atoms with Gasteiger partial charge in [-0.2, -0.15) is 0 Å². The first kappa shape index (κ1) is 14.5. The summed E-state index contributed by atoms with van der Waals surface area (Å²) >= 11 is 8.38. The topological polar surface area (TPSA) is 26.3 Å². The number of rotatable bonds is 3. The van der Waals surface area contributed by atoms with Gasteiger partial charge in [0.2, 0.25) is 0 Å².